The van der Waals surface area contributed by atoms with E-state index in [4.69, 9.17) is 9.47 Å². The van der Waals surface area contributed by atoms with Gasteiger partial charge in [0.15, 0.2) is 0 Å². The van der Waals surface area contributed by atoms with Gasteiger partial charge in [0.05, 0.1) is 12.7 Å². The maximum atomic E-state index is 11.4. The Labute approximate surface area is 107 Å². The number of rotatable bonds is 8. The molecule has 0 atom stereocenters. The highest BCUT2D eigenvalue weighted by atomic mass is 16.5. The predicted octanol–water partition coefficient (Wildman–Crippen LogP) is 1.84. The third-order valence-electron chi connectivity index (χ3n) is 2.82. The zero-order valence-corrected chi connectivity index (χ0v) is 10.8. The second kappa shape index (κ2) is 6.54. The second-order valence-corrected chi connectivity index (χ2v) is 4.56. The van der Waals surface area contributed by atoms with Gasteiger partial charge < -0.3 is 14.5 Å². The lowest BCUT2D eigenvalue weighted by atomic mass is 10.4. The van der Waals surface area contributed by atoms with Crippen molar-refractivity contribution in [2.45, 2.75) is 38.5 Å². The SMILES string of the molecule is CCCCOCCOc1cc(=O)[nH]c(C2CC2)n1. The van der Waals surface area contributed by atoms with Crippen LogP contribution in [0.1, 0.15) is 44.3 Å². The Balaban J connectivity index is 1.76. The van der Waals surface area contributed by atoms with Gasteiger partial charge in [-0.15, -0.1) is 0 Å². The number of hydrogen-bond donors (Lipinski definition) is 1. The molecule has 1 heterocycles. The molecule has 0 radical (unpaired) electrons. The third kappa shape index (κ3) is 4.14. The van der Waals surface area contributed by atoms with Crippen LogP contribution in [-0.4, -0.2) is 29.8 Å². The van der Waals surface area contributed by atoms with E-state index in [0.717, 1.165) is 38.1 Å². The minimum atomic E-state index is -0.145. The average molecular weight is 252 g/mol. The van der Waals surface area contributed by atoms with Crippen LogP contribution in [0.25, 0.3) is 0 Å². The van der Waals surface area contributed by atoms with Crippen LogP contribution in [0, 0.1) is 0 Å². The summed E-state index contributed by atoms with van der Waals surface area (Å²) in [5.74, 6) is 1.58. The molecule has 0 saturated heterocycles. The molecule has 0 amide bonds. The molecule has 100 valence electrons. The molecule has 0 aliphatic heterocycles. The Morgan fingerprint density at radius 3 is 2.94 bits per heavy atom. The van der Waals surface area contributed by atoms with Gasteiger partial charge in [0.2, 0.25) is 5.88 Å². The molecular weight excluding hydrogens is 232 g/mol. The fraction of sp³-hybridized carbons (Fsp3) is 0.692. The Morgan fingerprint density at radius 2 is 2.22 bits per heavy atom. The number of hydrogen-bond acceptors (Lipinski definition) is 4. The number of aromatic amines is 1. The number of nitrogens with zero attached hydrogens (tertiary/aromatic N) is 1. The fourth-order valence-electron chi connectivity index (χ4n) is 1.63. The van der Waals surface area contributed by atoms with Crippen molar-refractivity contribution >= 4 is 0 Å². The summed E-state index contributed by atoms with van der Waals surface area (Å²) in [6, 6.07) is 1.39. The van der Waals surface area contributed by atoms with Crippen LogP contribution in [0.5, 0.6) is 5.88 Å². The first-order valence-electron chi connectivity index (χ1n) is 6.61. The Hall–Kier alpha value is -1.36. The van der Waals surface area contributed by atoms with Gasteiger partial charge in [0.1, 0.15) is 12.4 Å². The topological polar surface area (TPSA) is 64.2 Å². The fourth-order valence-corrected chi connectivity index (χ4v) is 1.63. The lowest BCUT2D eigenvalue weighted by Crippen LogP contribution is -2.14. The molecule has 0 aromatic carbocycles. The zero-order chi connectivity index (χ0) is 12.8. The van der Waals surface area contributed by atoms with Crippen LogP contribution in [0.4, 0.5) is 0 Å². The molecule has 2 rings (SSSR count). The van der Waals surface area contributed by atoms with Gasteiger partial charge in [-0.25, -0.2) is 0 Å². The molecular formula is C13H20N2O3. The largest absolute Gasteiger partial charge is 0.475 e. The summed E-state index contributed by atoms with van der Waals surface area (Å²) in [6.07, 6.45) is 4.40. The smallest absolute Gasteiger partial charge is 0.254 e. The highest BCUT2D eigenvalue weighted by Gasteiger charge is 2.26. The number of unbranched alkanes of at least 4 members (excludes halogenated alkanes) is 1. The molecule has 1 saturated carbocycles. The standard InChI is InChI=1S/C13H20N2O3/c1-2-3-6-17-7-8-18-12-9-11(16)14-13(15-12)10-4-5-10/h9-10H,2-8H2,1H3,(H,14,15,16). The molecule has 5 heteroatoms. The van der Waals surface area contributed by atoms with E-state index in [1.54, 1.807) is 0 Å². The van der Waals surface area contributed by atoms with E-state index in [-0.39, 0.29) is 5.56 Å². The molecule has 1 aromatic rings. The van der Waals surface area contributed by atoms with Crippen molar-refractivity contribution in [3.63, 3.8) is 0 Å². The Bertz CT molecular complexity index is 426. The van der Waals surface area contributed by atoms with Gasteiger partial charge in [-0.3, -0.25) is 4.79 Å². The summed E-state index contributed by atoms with van der Waals surface area (Å²) in [4.78, 5) is 18.5. The van der Waals surface area contributed by atoms with Crippen molar-refractivity contribution in [1.82, 2.24) is 9.97 Å². The summed E-state index contributed by atoms with van der Waals surface area (Å²) in [5, 5.41) is 0. The van der Waals surface area contributed by atoms with Gasteiger partial charge in [-0.1, -0.05) is 13.3 Å². The van der Waals surface area contributed by atoms with E-state index in [1.807, 2.05) is 0 Å². The normalized spacial score (nSPS) is 14.7. The molecule has 0 bridgehead atoms. The summed E-state index contributed by atoms with van der Waals surface area (Å²) in [7, 11) is 0. The highest BCUT2D eigenvalue weighted by Crippen LogP contribution is 2.37. The first-order chi connectivity index (χ1) is 8.79. The van der Waals surface area contributed by atoms with Crippen LogP contribution >= 0.6 is 0 Å². The number of aromatic nitrogens is 2. The lowest BCUT2D eigenvalue weighted by molar-refractivity contribution is 0.0963. The monoisotopic (exact) mass is 252 g/mol. The Morgan fingerprint density at radius 1 is 1.39 bits per heavy atom. The second-order valence-electron chi connectivity index (χ2n) is 4.56. The van der Waals surface area contributed by atoms with E-state index < -0.39 is 0 Å². The maximum absolute atomic E-state index is 11.4. The summed E-state index contributed by atoms with van der Waals surface area (Å²) in [6.45, 7) is 3.85. The molecule has 5 nitrogen and oxygen atoms in total. The zero-order valence-electron chi connectivity index (χ0n) is 10.8. The minimum absolute atomic E-state index is 0.145. The molecule has 0 spiro atoms. The van der Waals surface area contributed by atoms with Crippen molar-refractivity contribution in [3.8, 4) is 5.88 Å². The summed E-state index contributed by atoms with van der Waals surface area (Å²) in [5.41, 5.74) is -0.145. The van der Waals surface area contributed by atoms with E-state index in [0.29, 0.717) is 25.0 Å². The van der Waals surface area contributed by atoms with Crippen LogP contribution in [0.3, 0.4) is 0 Å². The quantitative estimate of drug-likeness (QED) is 0.717. The number of H-pyrrole nitrogens is 1. The van der Waals surface area contributed by atoms with Crippen LogP contribution in [0.2, 0.25) is 0 Å². The summed E-state index contributed by atoms with van der Waals surface area (Å²) >= 11 is 0. The first kappa shape index (κ1) is 13.1. The van der Waals surface area contributed by atoms with Crippen molar-refractivity contribution in [2.75, 3.05) is 19.8 Å². The van der Waals surface area contributed by atoms with Crippen molar-refractivity contribution in [3.05, 3.63) is 22.2 Å². The van der Waals surface area contributed by atoms with Crippen molar-refractivity contribution < 1.29 is 9.47 Å². The molecule has 1 fully saturated rings. The van der Waals surface area contributed by atoms with Crippen molar-refractivity contribution in [1.29, 1.82) is 0 Å². The van der Waals surface area contributed by atoms with E-state index in [9.17, 15) is 4.79 Å². The van der Waals surface area contributed by atoms with Crippen molar-refractivity contribution in [2.24, 2.45) is 0 Å². The molecule has 0 unspecified atom stereocenters. The third-order valence-corrected chi connectivity index (χ3v) is 2.82. The molecule has 1 aliphatic carbocycles. The minimum Gasteiger partial charge on any atom is -0.475 e. The van der Waals surface area contributed by atoms with Gasteiger partial charge in [0.25, 0.3) is 5.56 Å². The van der Waals surface area contributed by atoms with Gasteiger partial charge in [0, 0.05) is 12.5 Å². The number of nitrogens with one attached hydrogen (secondary N) is 1. The lowest BCUT2D eigenvalue weighted by Gasteiger charge is -2.07. The van der Waals surface area contributed by atoms with Gasteiger partial charge in [-0.05, 0) is 19.3 Å². The number of ether oxygens (including phenoxy) is 2. The first-order valence-corrected chi connectivity index (χ1v) is 6.61. The van der Waals surface area contributed by atoms with E-state index in [2.05, 4.69) is 16.9 Å². The van der Waals surface area contributed by atoms with Crippen LogP contribution < -0.4 is 10.3 Å². The molecule has 1 aliphatic rings. The maximum Gasteiger partial charge on any atom is 0.254 e. The molecule has 1 N–H and O–H groups in total. The Kier molecular flexibility index (Phi) is 4.75. The summed E-state index contributed by atoms with van der Waals surface area (Å²) < 4.78 is 10.8. The van der Waals surface area contributed by atoms with E-state index >= 15 is 0 Å². The highest BCUT2D eigenvalue weighted by molar-refractivity contribution is 5.13. The van der Waals surface area contributed by atoms with Crippen LogP contribution in [0.15, 0.2) is 10.9 Å². The van der Waals surface area contributed by atoms with Gasteiger partial charge in [-0.2, -0.15) is 4.98 Å². The average Bonchev–Trinajstić information content (AvgIpc) is 3.17. The van der Waals surface area contributed by atoms with Crippen LogP contribution in [-0.2, 0) is 4.74 Å². The van der Waals surface area contributed by atoms with E-state index in [1.165, 1.54) is 6.07 Å². The van der Waals surface area contributed by atoms with Gasteiger partial charge >= 0.3 is 0 Å². The molecule has 18 heavy (non-hydrogen) atoms. The predicted molar refractivity (Wildman–Crippen MR) is 68.1 cm³/mol. The molecule has 1 aromatic heterocycles.